The monoisotopic (exact) mass is 194 g/mol. The highest BCUT2D eigenvalue weighted by Crippen LogP contribution is 1.97. The molecule has 14 heavy (non-hydrogen) atoms. The van der Waals surface area contributed by atoms with Crippen LogP contribution in [0, 0.1) is 0 Å². The van der Waals surface area contributed by atoms with Crippen molar-refractivity contribution in [1.29, 1.82) is 0 Å². The summed E-state index contributed by atoms with van der Waals surface area (Å²) < 4.78 is 0. The van der Waals surface area contributed by atoms with E-state index in [0.717, 1.165) is 12.1 Å². The van der Waals surface area contributed by atoms with E-state index in [1.807, 2.05) is 18.3 Å². The summed E-state index contributed by atoms with van der Waals surface area (Å²) in [4.78, 5) is 26.4. The summed E-state index contributed by atoms with van der Waals surface area (Å²) in [5, 5.41) is 0. The van der Waals surface area contributed by atoms with Crippen molar-refractivity contribution in [1.82, 2.24) is 9.88 Å². The highest BCUT2D eigenvalue weighted by molar-refractivity contribution is 6.34. The Kier molecular flexibility index (Phi) is 3.45. The van der Waals surface area contributed by atoms with Crippen LogP contribution in [0.5, 0.6) is 0 Å². The Bertz CT molecular complexity index is 317. The molecule has 0 saturated carbocycles. The number of carbonyl (C=O) groups excluding carboxylic acids is 2. The van der Waals surface area contributed by atoms with Gasteiger partial charge in [0.1, 0.15) is 0 Å². The fraction of sp³-hybridized carbons (Fsp3) is 0.400. The molecule has 0 unspecified atom stereocenters. The number of hydrogen-bond acceptors (Lipinski definition) is 2. The number of carbonyl (C=O) groups is 2. The number of nitrogens with one attached hydrogen (secondary N) is 1. The lowest BCUT2D eigenvalue weighted by Crippen LogP contribution is -2.33. The summed E-state index contributed by atoms with van der Waals surface area (Å²) in [6.45, 7) is 1.84. The predicted molar refractivity (Wildman–Crippen MR) is 52.8 cm³/mol. The Hall–Kier alpha value is -1.58. The molecule has 0 fully saturated rings. The number of H-pyrrole nitrogens is 1. The number of rotatable bonds is 4. The summed E-state index contributed by atoms with van der Waals surface area (Å²) in [6.07, 6.45) is 2.57. The molecule has 1 heterocycles. The lowest BCUT2D eigenvalue weighted by molar-refractivity contribution is -0.142. The zero-order valence-electron chi connectivity index (χ0n) is 8.41. The first-order valence-electron chi connectivity index (χ1n) is 4.49. The fourth-order valence-electron chi connectivity index (χ4n) is 1.18. The van der Waals surface area contributed by atoms with Gasteiger partial charge in [0.25, 0.3) is 5.91 Å². The summed E-state index contributed by atoms with van der Waals surface area (Å²) in [6, 6.07) is 3.86. The summed E-state index contributed by atoms with van der Waals surface area (Å²) in [5.74, 6) is -0.851. The molecule has 4 heteroatoms. The van der Waals surface area contributed by atoms with E-state index in [1.165, 1.54) is 11.8 Å². The minimum Gasteiger partial charge on any atom is -0.365 e. The van der Waals surface area contributed by atoms with E-state index in [9.17, 15) is 9.59 Å². The first-order valence-corrected chi connectivity index (χ1v) is 4.49. The van der Waals surface area contributed by atoms with Crippen molar-refractivity contribution in [2.45, 2.75) is 13.3 Å². The van der Waals surface area contributed by atoms with E-state index in [1.54, 1.807) is 7.05 Å². The quantitative estimate of drug-likeness (QED) is 0.714. The zero-order valence-corrected chi connectivity index (χ0v) is 8.41. The van der Waals surface area contributed by atoms with Gasteiger partial charge in [-0.2, -0.15) is 0 Å². The van der Waals surface area contributed by atoms with Gasteiger partial charge in [-0.25, -0.2) is 0 Å². The Morgan fingerprint density at radius 3 is 2.71 bits per heavy atom. The number of likely N-dealkylation sites (N-methyl/N-ethyl adjacent to an activating group) is 1. The van der Waals surface area contributed by atoms with Gasteiger partial charge in [0, 0.05) is 38.8 Å². The van der Waals surface area contributed by atoms with E-state index in [-0.39, 0.29) is 0 Å². The molecule has 0 spiro atoms. The summed E-state index contributed by atoms with van der Waals surface area (Å²) in [5.41, 5.74) is 1.06. The van der Waals surface area contributed by atoms with Crippen molar-refractivity contribution in [3.8, 4) is 0 Å². The average molecular weight is 194 g/mol. The maximum Gasteiger partial charge on any atom is 0.289 e. The lowest BCUT2D eigenvalue weighted by Gasteiger charge is -2.14. The Morgan fingerprint density at radius 1 is 1.50 bits per heavy atom. The second kappa shape index (κ2) is 4.60. The van der Waals surface area contributed by atoms with E-state index in [2.05, 4.69) is 4.98 Å². The highest BCUT2D eigenvalue weighted by atomic mass is 16.2. The van der Waals surface area contributed by atoms with Gasteiger partial charge < -0.3 is 9.88 Å². The van der Waals surface area contributed by atoms with E-state index in [0.29, 0.717) is 6.54 Å². The molecule has 0 radical (unpaired) electrons. The SMILES string of the molecule is CC(=O)C(=O)N(C)CCc1ccc[nH]1. The molecular formula is C10H14N2O2. The van der Waals surface area contributed by atoms with Crippen LogP contribution >= 0.6 is 0 Å². The second-order valence-corrected chi connectivity index (χ2v) is 3.23. The van der Waals surface area contributed by atoms with Crippen LogP contribution in [0.2, 0.25) is 0 Å². The maximum absolute atomic E-state index is 11.2. The van der Waals surface area contributed by atoms with Crippen molar-refractivity contribution in [3.05, 3.63) is 24.0 Å². The fourth-order valence-corrected chi connectivity index (χ4v) is 1.18. The van der Waals surface area contributed by atoms with Gasteiger partial charge in [0.05, 0.1) is 0 Å². The molecule has 1 amide bonds. The third-order valence-corrected chi connectivity index (χ3v) is 2.03. The normalized spacial score (nSPS) is 9.86. The van der Waals surface area contributed by atoms with Crippen LogP contribution in [0.3, 0.4) is 0 Å². The largest absolute Gasteiger partial charge is 0.365 e. The van der Waals surface area contributed by atoms with Crippen molar-refractivity contribution in [2.24, 2.45) is 0 Å². The van der Waals surface area contributed by atoms with Crippen molar-refractivity contribution < 1.29 is 9.59 Å². The van der Waals surface area contributed by atoms with Crippen LogP contribution in [0.15, 0.2) is 18.3 Å². The van der Waals surface area contributed by atoms with Gasteiger partial charge in [-0.05, 0) is 12.1 Å². The molecule has 0 aliphatic heterocycles. The molecule has 1 N–H and O–H groups in total. The van der Waals surface area contributed by atoms with Crippen LogP contribution in [0.1, 0.15) is 12.6 Å². The van der Waals surface area contributed by atoms with Crippen LogP contribution in [-0.2, 0) is 16.0 Å². The number of aromatic amines is 1. The Labute approximate surface area is 82.9 Å². The molecule has 0 aliphatic rings. The number of nitrogens with zero attached hydrogens (tertiary/aromatic N) is 1. The zero-order chi connectivity index (χ0) is 10.6. The van der Waals surface area contributed by atoms with Crippen molar-refractivity contribution >= 4 is 11.7 Å². The number of ketones is 1. The summed E-state index contributed by atoms with van der Waals surface area (Å²) >= 11 is 0. The maximum atomic E-state index is 11.2. The standard InChI is InChI=1S/C10H14N2O2/c1-8(13)10(14)12(2)7-5-9-4-3-6-11-9/h3-4,6,11H,5,7H2,1-2H3. The van der Waals surface area contributed by atoms with Crippen LogP contribution in [-0.4, -0.2) is 35.2 Å². The van der Waals surface area contributed by atoms with Gasteiger partial charge in [-0.15, -0.1) is 0 Å². The minimum atomic E-state index is -0.434. The van der Waals surface area contributed by atoms with Crippen molar-refractivity contribution in [2.75, 3.05) is 13.6 Å². The molecule has 4 nitrogen and oxygen atoms in total. The van der Waals surface area contributed by atoms with Crippen LogP contribution in [0.4, 0.5) is 0 Å². The van der Waals surface area contributed by atoms with E-state index in [4.69, 9.17) is 0 Å². The average Bonchev–Trinajstić information content (AvgIpc) is 2.65. The van der Waals surface area contributed by atoms with Gasteiger partial charge in [-0.1, -0.05) is 0 Å². The molecule has 0 aromatic carbocycles. The predicted octanol–water partition coefficient (Wildman–Crippen LogP) is 0.605. The summed E-state index contributed by atoms with van der Waals surface area (Å²) in [7, 11) is 1.63. The smallest absolute Gasteiger partial charge is 0.289 e. The lowest BCUT2D eigenvalue weighted by atomic mass is 10.3. The Morgan fingerprint density at radius 2 is 2.21 bits per heavy atom. The first-order chi connectivity index (χ1) is 6.61. The van der Waals surface area contributed by atoms with Gasteiger partial charge in [0.2, 0.25) is 5.78 Å². The van der Waals surface area contributed by atoms with E-state index < -0.39 is 11.7 Å². The van der Waals surface area contributed by atoms with Crippen molar-refractivity contribution in [3.63, 3.8) is 0 Å². The van der Waals surface area contributed by atoms with E-state index >= 15 is 0 Å². The third kappa shape index (κ3) is 2.73. The van der Waals surface area contributed by atoms with Gasteiger partial charge in [0.15, 0.2) is 0 Å². The number of amides is 1. The van der Waals surface area contributed by atoms with Gasteiger partial charge in [-0.3, -0.25) is 9.59 Å². The Balaban J connectivity index is 2.38. The molecule has 1 rings (SSSR count). The number of aromatic nitrogens is 1. The minimum absolute atomic E-state index is 0.418. The topological polar surface area (TPSA) is 53.2 Å². The molecule has 1 aromatic heterocycles. The van der Waals surface area contributed by atoms with Crippen LogP contribution < -0.4 is 0 Å². The second-order valence-electron chi connectivity index (χ2n) is 3.23. The van der Waals surface area contributed by atoms with Gasteiger partial charge >= 0.3 is 0 Å². The molecule has 1 aromatic rings. The third-order valence-electron chi connectivity index (χ3n) is 2.03. The number of Topliss-reactive ketones (excluding diaryl/α,β-unsaturated/α-hetero) is 1. The molecule has 0 bridgehead atoms. The highest BCUT2D eigenvalue weighted by Gasteiger charge is 2.12. The molecule has 0 atom stereocenters. The molecule has 0 aliphatic carbocycles. The molecule has 0 saturated heterocycles. The molecular weight excluding hydrogens is 180 g/mol. The number of hydrogen-bond donors (Lipinski definition) is 1. The first kappa shape index (κ1) is 10.5. The van der Waals surface area contributed by atoms with Crippen LogP contribution in [0.25, 0.3) is 0 Å². The molecule has 76 valence electrons.